The van der Waals surface area contributed by atoms with Gasteiger partial charge in [0.25, 0.3) is 5.91 Å². The summed E-state index contributed by atoms with van der Waals surface area (Å²) in [4.78, 5) is 16.4. The highest BCUT2D eigenvalue weighted by atomic mass is 35.5. The fourth-order valence-electron chi connectivity index (χ4n) is 2.82. The van der Waals surface area contributed by atoms with E-state index in [1.54, 1.807) is 30.6 Å². The van der Waals surface area contributed by atoms with Crippen molar-refractivity contribution in [2.24, 2.45) is 5.10 Å². The monoisotopic (exact) mass is 482 g/mol. The van der Waals surface area contributed by atoms with E-state index < -0.39 is 0 Å². The van der Waals surface area contributed by atoms with Gasteiger partial charge in [-0.05, 0) is 30.3 Å². The molecule has 10 heteroatoms. The molecule has 0 atom stereocenters. The topological polar surface area (TPSA) is 85.1 Å². The van der Waals surface area contributed by atoms with Gasteiger partial charge in [0.2, 0.25) is 0 Å². The summed E-state index contributed by atoms with van der Waals surface area (Å²) in [6, 6.07) is 18.6. The summed E-state index contributed by atoms with van der Waals surface area (Å²) in [6.07, 6.45) is 4.85. The Bertz CT molecular complexity index is 1250. The largest absolute Gasteiger partial charge is 0.272 e. The van der Waals surface area contributed by atoms with Crippen molar-refractivity contribution in [1.82, 2.24) is 25.2 Å². The second kappa shape index (κ2) is 10.4. The zero-order valence-corrected chi connectivity index (χ0v) is 18.8. The molecule has 7 nitrogen and oxygen atoms in total. The van der Waals surface area contributed by atoms with E-state index in [0.29, 0.717) is 26.6 Å². The minimum absolute atomic E-state index is 0.0991. The lowest BCUT2D eigenvalue weighted by Crippen LogP contribution is -2.20. The molecular weight excluding hydrogens is 467 g/mol. The number of nitrogens with zero attached hydrogens (tertiary/aromatic N) is 5. The average Bonchev–Trinajstić information content (AvgIpc) is 3.25. The predicted octanol–water partition coefficient (Wildman–Crippen LogP) is 4.88. The molecule has 2 heterocycles. The van der Waals surface area contributed by atoms with Gasteiger partial charge in [-0.25, -0.2) is 5.43 Å². The summed E-state index contributed by atoms with van der Waals surface area (Å²) in [6.45, 7) is 0. The van der Waals surface area contributed by atoms with Crippen LogP contribution in [0.15, 0.2) is 83.3 Å². The lowest BCUT2D eigenvalue weighted by Gasteiger charge is -2.10. The van der Waals surface area contributed by atoms with Crippen molar-refractivity contribution in [2.75, 3.05) is 5.75 Å². The van der Waals surface area contributed by atoms with E-state index in [-0.39, 0.29) is 11.7 Å². The van der Waals surface area contributed by atoms with Gasteiger partial charge < -0.3 is 0 Å². The molecule has 0 saturated heterocycles. The van der Waals surface area contributed by atoms with Crippen LogP contribution < -0.4 is 5.43 Å². The van der Waals surface area contributed by atoms with E-state index in [2.05, 4.69) is 25.7 Å². The van der Waals surface area contributed by atoms with E-state index in [9.17, 15) is 4.79 Å². The molecule has 1 N–H and O–H groups in total. The predicted molar refractivity (Wildman–Crippen MR) is 128 cm³/mol. The number of carbonyl (C=O) groups is 1. The van der Waals surface area contributed by atoms with Gasteiger partial charge in [-0.2, -0.15) is 5.10 Å². The Morgan fingerprint density at radius 2 is 1.81 bits per heavy atom. The Morgan fingerprint density at radius 1 is 1.03 bits per heavy atom. The Hall–Kier alpha value is -3.20. The molecule has 2 aromatic heterocycles. The molecule has 0 spiro atoms. The molecule has 32 heavy (non-hydrogen) atoms. The smallest absolute Gasteiger partial charge is 0.250 e. The molecule has 0 aliphatic rings. The van der Waals surface area contributed by atoms with Gasteiger partial charge in [-0.1, -0.05) is 65.3 Å². The average molecular weight is 483 g/mol. The number of halogens is 2. The van der Waals surface area contributed by atoms with Crippen LogP contribution in [0.5, 0.6) is 0 Å². The van der Waals surface area contributed by atoms with Crippen molar-refractivity contribution in [2.45, 2.75) is 5.16 Å². The number of hydrazone groups is 1. The maximum atomic E-state index is 12.3. The lowest BCUT2D eigenvalue weighted by molar-refractivity contribution is -0.118. The SMILES string of the molecule is O=C(CSc1nnc(-c2ccncc2)n1-c1ccccc1)N/N=C\c1cccc(Cl)c1Cl. The van der Waals surface area contributed by atoms with Crippen molar-refractivity contribution >= 4 is 47.1 Å². The number of hydrogen-bond acceptors (Lipinski definition) is 6. The highest BCUT2D eigenvalue weighted by molar-refractivity contribution is 7.99. The highest BCUT2D eigenvalue weighted by Crippen LogP contribution is 2.27. The summed E-state index contributed by atoms with van der Waals surface area (Å²) in [7, 11) is 0. The van der Waals surface area contributed by atoms with Crippen LogP contribution in [0.3, 0.4) is 0 Å². The number of amides is 1. The Morgan fingerprint density at radius 3 is 2.59 bits per heavy atom. The van der Waals surface area contributed by atoms with Crippen LogP contribution in [-0.2, 0) is 4.79 Å². The van der Waals surface area contributed by atoms with Crippen LogP contribution in [0.25, 0.3) is 17.1 Å². The third kappa shape index (κ3) is 5.16. The third-order valence-corrected chi connectivity index (χ3v) is 6.06. The molecule has 2 aromatic carbocycles. The molecule has 0 aliphatic carbocycles. The van der Waals surface area contributed by atoms with Crippen LogP contribution in [0.4, 0.5) is 0 Å². The highest BCUT2D eigenvalue weighted by Gasteiger charge is 2.17. The van der Waals surface area contributed by atoms with Crippen LogP contribution >= 0.6 is 35.0 Å². The van der Waals surface area contributed by atoms with E-state index in [0.717, 1.165) is 11.3 Å². The number of carbonyl (C=O) groups excluding carboxylic acids is 1. The fourth-order valence-corrected chi connectivity index (χ4v) is 3.92. The number of nitrogens with one attached hydrogen (secondary N) is 1. The van der Waals surface area contributed by atoms with Gasteiger partial charge >= 0.3 is 0 Å². The van der Waals surface area contributed by atoms with Gasteiger partial charge in [0.05, 0.1) is 22.0 Å². The van der Waals surface area contributed by atoms with Gasteiger partial charge in [0, 0.05) is 29.2 Å². The number of pyridine rings is 1. The first kappa shape index (κ1) is 22.0. The van der Waals surface area contributed by atoms with Crippen LogP contribution in [-0.4, -0.2) is 37.6 Å². The second-order valence-corrected chi connectivity index (χ2v) is 8.17. The number of aromatic nitrogens is 4. The van der Waals surface area contributed by atoms with E-state index in [1.807, 2.05) is 47.0 Å². The van der Waals surface area contributed by atoms with Crippen molar-refractivity contribution in [3.63, 3.8) is 0 Å². The number of para-hydroxylation sites is 1. The maximum Gasteiger partial charge on any atom is 0.250 e. The summed E-state index contributed by atoms with van der Waals surface area (Å²) < 4.78 is 1.91. The van der Waals surface area contributed by atoms with E-state index in [4.69, 9.17) is 23.2 Å². The standard InChI is InChI=1S/C22H16Cl2N6OS/c23-18-8-4-5-16(20(18)24)13-26-27-19(31)14-32-22-29-28-21(15-9-11-25-12-10-15)30(22)17-6-2-1-3-7-17/h1-13H,14H2,(H,27,31)/b26-13-. The fraction of sp³-hybridized carbons (Fsp3) is 0.0455. The number of rotatable bonds is 7. The van der Waals surface area contributed by atoms with Crippen LogP contribution in [0.1, 0.15) is 5.56 Å². The molecule has 4 rings (SSSR count). The lowest BCUT2D eigenvalue weighted by atomic mass is 10.2. The summed E-state index contributed by atoms with van der Waals surface area (Å²) in [5, 5.41) is 14.0. The number of hydrogen-bond donors (Lipinski definition) is 1. The first-order chi connectivity index (χ1) is 15.6. The Balaban J connectivity index is 1.48. The zero-order chi connectivity index (χ0) is 22.3. The molecule has 0 saturated carbocycles. The van der Waals surface area contributed by atoms with Crippen molar-refractivity contribution in [3.8, 4) is 17.1 Å². The maximum absolute atomic E-state index is 12.3. The number of thioether (sulfide) groups is 1. The first-order valence-electron chi connectivity index (χ1n) is 9.43. The minimum atomic E-state index is -0.294. The van der Waals surface area contributed by atoms with Crippen molar-refractivity contribution < 1.29 is 4.79 Å². The van der Waals surface area contributed by atoms with Gasteiger partial charge in [0.15, 0.2) is 11.0 Å². The van der Waals surface area contributed by atoms with Crippen LogP contribution in [0.2, 0.25) is 10.0 Å². The van der Waals surface area contributed by atoms with Gasteiger partial charge in [-0.15, -0.1) is 10.2 Å². The summed E-state index contributed by atoms with van der Waals surface area (Å²) in [5.74, 6) is 0.467. The van der Waals surface area contributed by atoms with Crippen LogP contribution in [0, 0.1) is 0 Å². The molecule has 4 aromatic rings. The molecule has 0 unspecified atom stereocenters. The summed E-state index contributed by atoms with van der Waals surface area (Å²) in [5.41, 5.74) is 4.86. The molecule has 0 radical (unpaired) electrons. The van der Waals surface area contributed by atoms with E-state index in [1.165, 1.54) is 18.0 Å². The zero-order valence-electron chi connectivity index (χ0n) is 16.5. The first-order valence-corrected chi connectivity index (χ1v) is 11.2. The Kier molecular flexibility index (Phi) is 7.16. The Labute approximate surface area is 198 Å². The molecule has 160 valence electrons. The molecule has 0 aliphatic heterocycles. The number of benzene rings is 2. The molecule has 1 amide bonds. The quantitative estimate of drug-likeness (QED) is 0.230. The molecule has 0 fully saturated rings. The third-order valence-electron chi connectivity index (χ3n) is 4.29. The molecule has 0 bridgehead atoms. The van der Waals surface area contributed by atoms with Gasteiger partial charge in [-0.3, -0.25) is 14.3 Å². The molecular formula is C22H16Cl2N6OS. The van der Waals surface area contributed by atoms with Gasteiger partial charge in [0.1, 0.15) is 0 Å². The summed E-state index contributed by atoms with van der Waals surface area (Å²) >= 11 is 13.4. The normalized spacial score (nSPS) is 11.1. The van der Waals surface area contributed by atoms with Crippen molar-refractivity contribution in [1.29, 1.82) is 0 Å². The van der Waals surface area contributed by atoms with Crippen molar-refractivity contribution in [3.05, 3.63) is 88.7 Å². The van der Waals surface area contributed by atoms with E-state index >= 15 is 0 Å². The minimum Gasteiger partial charge on any atom is -0.272 e. The second-order valence-electron chi connectivity index (χ2n) is 6.44.